The van der Waals surface area contributed by atoms with E-state index in [0.717, 1.165) is 89.1 Å². The van der Waals surface area contributed by atoms with E-state index in [0.29, 0.717) is 78.4 Å². The molecule has 20 rings (SSSR count). The second kappa shape index (κ2) is 41.0. The molecule has 20 nitrogen and oxygen atoms in total. The van der Waals surface area contributed by atoms with E-state index in [1.165, 1.54) is 111 Å². The topological polar surface area (TPSA) is 290 Å². The van der Waals surface area contributed by atoms with Crippen LogP contribution in [0.3, 0.4) is 0 Å². The summed E-state index contributed by atoms with van der Waals surface area (Å²) in [5, 5.41) is 43.7. The molecule has 20 aromatic rings. The van der Waals surface area contributed by atoms with Gasteiger partial charge in [0.25, 0.3) is 22.2 Å². The van der Waals surface area contributed by atoms with Gasteiger partial charge in [0, 0.05) is 53.8 Å². The van der Waals surface area contributed by atoms with Crippen molar-refractivity contribution < 1.29 is 95.2 Å². The van der Waals surface area contributed by atoms with Gasteiger partial charge >= 0.3 is 41.0 Å². The number of rotatable bonds is 16. The van der Waals surface area contributed by atoms with Crippen molar-refractivity contribution in [1.82, 2.24) is 18.3 Å². The van der Waals surface area contributed by atoms with E-state index in [1.54, 1.807) is 158 Å². The molecular formula is C106H60ClF13N4O16S4. The lowest BCUT2D eigenvalue weighted by atomic mass is 10.1. The van der Waals surface area contributed by atoms with Crippen LogP contribution < -0.4 is 44.7 Å². The molecule has 0 amide bonds. The van der Waals surface area contributed by atoms with Crippen molar-refractivity contribution in [3.8, 4) is 73.8 Å². The molecule has 0 fully saturated rings. The highest BCUT2D eigenvalue weighted by Gasteiger charge is 2.37. The summed E-state index contributed by atoms with van der Waals surface area (Å²) in [6.45, 7) is -0.0582. The molecule has 0 saturated heterocycles. The molecule has 8 aromatic heterocycles. The molecule has 0 aliphatic carbocycles. The molecule has 4 N–H and O–H groups in total. The fourth-order valence-corrected chi connectivity index (χ4v) is 19.2. The van der Waals surface area contributed by atoms with Crippen molar-refractivity contribution in [2.75, 3.05) is 0 Å². The van der Waals surface area contributed by atoms with Gasteiger partial charge in [-0.1, -0.05) is 222 Å². The molecule has 0 aliphatic heterocycles. The molecule has 8 heterocycles. The third-order valence-electron chi connectivity index (χ3n) is 21.9. The van der Waals surface area contributed by atoms with Gasteiger partial charge in [-0.3, -0.25) is 32.9 Å². The van der Waals surface area contributed by atoms with E-state index in [9.17, 15) is 116 Å². The molecule has 38 heteroatoms. The Balaban J connectivity index is 0.000000132. The molecule has 0 aliphatic rings. The van der Waals surface area contributed by atoms with Crippen LogP contribution in [0, 0.1) is 23.3 Å². The Labute approximate surface area is 820 Å². The number of hydrogen-bond donors (Lipinski definition) is 4. The summed E-state index contributed by atoms with van der Waals surface area (Å²) in [6, 6.07) is 78.0. The lowest BCUT2D eigenvalue weighted by Gasteiger charge is -2.16. The van der Waals surface area contributed by atoms with Gasteiger partial charge < -0.3 is 42.7 Å². The van der Waals surface area contributed by atoms with Crippen molar-refractivity contribution in [1.29, 1.82) is 0 Å². The van der Waals surface area contributed by atoms with Crippen molar-refractivity contribution >= 4 is 113 Å². The summed E-state index contributed by atoms with van der Waals surface area (Å²) >= 11 is 8.50. The van der Waals surface area contributed by atoms with E-state index in [4.69, 9.17) is 29.3 Å². The molecule has 722 valence electrons. The summed E-state index contributed by atoms with van der Waals surface area (Å²) in [6.07, 6.45) is -13.9. The van der Waals surface area contributed by atoms with Gasteiger partial charge in [-0.2, -0.15) is 39.5 Å². The Hall–Kier alpha value is -16.5. The van der Waals surface area contributed by atoms with Gasteiger partial charge in [0.1, 0.15) is 81.1 Å². The lowest BCUT2D eigenvalue weighted by Crippen LogP contribution is -2.23. The molecule has 0 radical (unpaired) electrons. The molecule has 0 bridgehead atoms. The van der Waals surface area contributed by atoms with E-state index in [2.05, 4.69) is 0 Å². The average molecular weight is 2060 g/mol. The first-order chi connectivity index (χ1) is 68.8. The molecule has 0 saturated carbocycles. The number of halogens is 14. The summed E-state index contributed by atoms with van der Waals surface area (Å²) in [7, 11) is 0. The van der Waals surface area contributed by atoms with Crippen molar-refractivity contribution in [3.63, 3.8) is 0 Å². The van der Waals surface area contributed by atoms with Crippen LogP contribution in [0.25, 0.3) is 106 Å². The number of hydrogen-bond acceptors (Lipinski definition) is 20. The van der Waals surface area contributed by atoms with Gasteiger partial charge in [-0.25, -0.2) is 36.7 Å². The minimum absolute atomic E-state index is 0.00290. The zero-order valence-corrected chi connectivity index (χ0v) is 76.8. The number of aromatic hydroxyl groups is 4. The molecule has 144 heavy (non-hydrogen) atoms. The number of fused-ring (bicyclic) bond motifs is 6. The third-order valence-corrected chi connectivity index (χ3v) is 26.4. The minimum Gasteiger partial charge on any atom is -0.505 e. The van der Waals surface area contributed by atoms with Gasteiger partial charge in [0.05, 0.1) is 62.9 Å². The smallest absolute Gasteiger partial charge is 0.417 e. The zero-order valence-electron chi connectivity index (χ0n) is 72.8. The second-order valence-corrected chi connectivity index (χ2v) is 35.9. The predicted molar refractivity (Wildman–Crippen MR) is 519 cm³/mol. The number of benzene rings is 12. The Morgan fingerprint density at radius 1 is 0.312 bits per heavy atom. The first-order valence-electron chi connectivity index (χ1n) is 42.2. The number of pyridine rings is 4. The van der Waals surface area contributed by atoms with Gasteiger partial charge in [0.2, 0.25) is 0 Å². The van der Waals surface area contributed by atoms with Crippen LogP contribution in [0.1, 0.15) is 22.3 Å². The fraction of sp³-hybridized carbons (Fsp3) is 0.0377. The van der Waals surface area contributed by atoms with E-state index in [1.807, 2.05) is 0 Å². The summed E-state index contributed by atoms with van der Waals surface area (Å²) in [4.78, 5) is 105. The van der Waals surface area contributed by atoms with Crippen LogP contribution in [0.5, 0.6) is 23.0 Å². The Morgan fingerprint density at radius 3 is 1.12 bits per heavy atom. The van der Waals surface area contributed by atoms with Crippen LogP contribution in [0.15, 0.2) is 423 Å². The maximum atomic E-state index is 14.4. The third kappa shape index (κ3) is 20.7. The Bertz CT molecular complexity index is 9000. The normalized spacial score (nSPS) is 11.6. The fourth-order valence-electron chi connectivity index (χ4n) is 15.4. The number of nitrogens with zero attached hydrogens (tertiary/aromatic N) is 4. The maximum absolute atomic E-state index is 14.4. The first kappa shape index (κ1) is 99.1. The molecule has 0 unspecified atom stereocenters. The molecule has 0 atom stereocenters. The number of para-hydroxylation sites is 1. The minimum atomic E-state index is -4.72. The van der Waals surface area contributed by atoms with Crippen LogP contribution in [-0.4, -0.2) is 38.7 Å². The van der Waals surface area contributed by atoms with E-state index >= 15 is 0 Å². The van der Waals surface area contributed by atoms with Crippen LogP contribution >= 0.6 is 58.6 Å². The van der Waals surface area contributed by atoms with Crippen LogP contribution in [0.2, 0.25) is 5.02 Å². The zero-order chi connectivity index (χ0) is 102. The van der Waals surface area contributed by atoms with Gasteiger partial charge in [-0.15, -0.1) is 0 Å². The molecule has 12 aromatic carbocycles. The highest BCUT2D eigenvalue weighted by atomic mass is 35.5. The quantitative estimate of drug-likeness (QED) is 0.0516. The maximum Gasteiger partial charge on any atom is 0.417 e. The second-order valence-electron chi connectivity index (χ2n) is 31.1. The highest BCUT2D eigenvalue weighted by molar-refractivity contribution is 8.00. The number of aromatic nitrogens is 4. The van der Waals surface area contributed by atoms with Crippen molar-refractivity contribution in [2.24, 2.45) is 0 Å². The SMILES string of the molecule is O=c1oc2c(c(O)c1Sc1cccc(Cl)c1)c(=O)n(Cc1ccccc1F)c1ccccc21.O=c1oc2cc(-c3ccccc3)n(-c3cccc(F)c3)c(=O)c2c(O)c1Sc1ccc(C(F)(F)F)cc1.O=c1oc2cc(-c3ccccc3)n(-c3cccc(F)c3)c(=O)c2c(O)c1Sc1cccc(C(F)(F)F)c1.O=c1oc2cc(-c3ccccc3)n(-c3cccc(F)c3)c(=O)c2c(O)c1Sc1ccccc1C(F)(F)F. The summed E-state index contributed by atoms with van der Waals surface area (Å²) in [5.74, 6) is -5.01. The van der Waals surface area contributed by atoms with Crippen molar-refractivity contribution in [3.05, 3.63) is 461 Å². The average Bonchev–Trinajstić information content (AvgIpc) is 0.731. The summed E-state index contributed by atoms with van der Waals surface area (Å²) < 4.78 is 202. The first-order valence-corrected chi connectivity index (χ1v) is 45.8. The van der Waals surface area contributed by atoms with Crippen molar-refractivity contribution in [2.45, 2.75) is 64.2 Å². The Kier molecular flexibility index (Phi) is 28.2. The van der Waals surface area contributed by atoms with Gasteiger partial charge in [0.15, 0.2) is 28.6 Å². The number of alkyl halides is 9. The highest BCUT2D eigenvalue weighted by Crippen LogP contribution is 2.47. The summed E-state index contributed by atoms with van der Waals surface area (Å²) in [5.41, 5.74) is -6.81. The van der Waals surface area contributed by atoms with E-state index in [-0.39, 0.29) is 104 Å². The van der Waals surface area contributed by atoms with Crippen LogP contribution in [0.4, 0.5) is 57.1 Å². The van der Waals surface area contributed by atoms with Crippen LogP contribution in [-0.2, 0) is 25.1 Å². The van der Waals surface area contributed by atoms with Gasteiger partial charge in [-0.05, 0) is 162 Å². The monoisotopic (exact) mass is 2050 g/mol. The standard InChI is InChI=1S/3C27H15F4NO4S.C25H15ClFNO4S/c28-17-9-5-10-18(13-17)32-20(15-6-2-1-3-7-15)14-21-22(25(32)34)23(33)24(26(35)36-21)37-19-11-4-8-16(12-19)27(29,30)31;28-16-9-6-10-17(13-16)32-19(15-7-2-1-3-8-15)14-20-22(25(32)34)23(33)24(26(35)36-20)37-21-12-5-4-11-18(21)27(29,30)31;28-17-7-4-8-18(13-17)32-20(15-5-2-1-3-6-15)14-21-22(25(32)34)23(33)24(26(35)36-21)37-19-11-9-16(10-12-19)27(29,30)31;26-15-7-5-8-16(12-15)33-23-21(29)20-22(32-25(23)31)17-9-2-4-11-19(17)28(24(20)30)13-14-6-1-3-10-18(14)27/h3*1-14,33H;1-12,29H,13H2. The largest absolute Gasteiger partial charge is 0.505 e. The van der Waals surface area contributed by atoms with E-state index < -0.39 is 141 Å². The molecular weight excluding hydrogens is 2000 g/mol. The lowest BCUT2D eigenvalue weighted by molar-refractivity contribution is -0.140. The molecule has 0 spiro atoms. The predicted octanol–water partition coefficient (Wildman–Crippen LogP) is 25.7. The Morgan fingerprint density at radius 2 is 0.688 bits per heavy atom.